The van der Waals surface area contributed by atoms with E-state index >= 15 is 0 Å². The summed E-state index contributed by atoms with van der Waals surface area (Å²) >= 11 is 3.51. The number of aliphatic imine (C=N–C) groups is 1. The van der Waals surface area contributed by atoms with Gasteiger partial charge in [-0.2, -0.15) is 0 Å². The van der Waals surface area contributed by atoms with Crippen LogP contribution in [0.1, 0.15) is 41.0 Å². The Labute approximate surface area is 234 Å². The molecule has 0 saturated carbocycles. The second-order valence-electron chi connectivity index (χ2n) is 9.35. The van der Waals surface area contributed by atoms with Crippen molar-refractivity contribution < 1.29 is 9.18 Å². The van der Waals surface area contributed by atoms with Gasteiger partial charge < -0.3 is 20.5 Å². The lowest BCUT2D eigenvalue weighted by Gasteiger charge is -2.16. The van der Waals surface area contributed by atoms with Gasteiger partial charge in [0.25, 0.3) is 5.91 Å². The molecule has 4 aromatic rings. The predicted octanol–water partition coefficient (Wildman–Crippen LogP) is 5.54. The summed E-state index contributed by atoms with van der Waals surface area (Å²) < 4.78 is 15.4. The summed E-state index contributed by atoms with van der Waals surface area (Å²) in [6.07, 6.45) is 2.70. The Morgan fingerprint density at radius 2 is 1.95 bits per heavy atom. The molecular weight excluding hydrogens is 561 g/mol. The third kappa shape index (κ3) is 5.22. The third-order valence-electron chi connectivity index (χ3n) is 6.95. The molecule has 1 fully saturated rings. The molecule has 10 heteroatoms. The molecule has 2 aliphatic rings. The highest BCUT2D eigenvalue weighted by molar-refractivity contribution is 9.10. The number of hydrogen-bond acceptors (Lipinski definition) is 6. The highest BCUT2D eigenvalue weighted by Gasteiger charge is 2.26. The molecule has 2 aromatic heterocycles. The Morgan fingerprint density at radius 1 is 1.15 bits per heavy atom. The van der Waals surface area contributed by atoms with E-state index < -0.39 is 0 Å². The summed E-state index contributed by atoms with van der Waals surface area (Å²) in [6, 6.07) is 16.2. The minimum atomic E-state index is -0.337. The largest absolute Gasteiger partial charge is 0.347 e. The van der Waals surface area contributed by atoms with Crippen molar-refractivity contribution in [1.29, 1.82) is 0 Å². The van der Waals surface area contributed by atoms with E-state index in [0.29, 0.717) is 41.1 Å². The molecule has 200 valence electrons. The maximum absolute atomic E-state index is 14.7. The van der Waals surface area contributed by atoms with Crippen molar-refractivity contribution in [1.82, 2.24) is 25.2 Å². The van der Waals surface area contributed by atoms with Crippen LogP contribution in [0, 0.1) is 5.82 Å². The first kappa shape index (κ1) is 26.7. The normalized spacial score (nSPS) is 16.0. The van der Waals surface area contributed by atoms with E-state index in [9.17, 15) is 9.18 Å². The van der Waals surface area contributed by atoms with Gasteiger partial charge in [0.2, 0.25) is 5.95 Å². The van der Waals surface area contributed by atoms with Crippen LogP contribution < -0.4 is 10.6 Å². The predicted molar refractivity (Wildman–Crippen MR) is 155 cm³/mol. The molecule has 6 rings (SSSR count). The smallest absolute Gasteiger partial charge is 0.253 e. The number of benzene rings is 2. The van der Waals surface area contributed by atoms with Crippen molar-refractivity contribution in [3.05, 3.63) is 93.6 Å². The van der Waals surface area contributed by atoms with Gasteiger partial charge in [-0.25, -0.2) is 14.4 Å². The number of nitrogens with zero attached hydrogens (tertiary/aromatic N) is 4. The van der Waals surface area contributed by atoms with E-state index in [4.69, 9.17) is 9.98 Å². The molecule has 39 heavy (non-hydrogen) atoms. The molecule has 2 aliphatic heterocycles. The van der Waals surface area contributed by atoms with Crippen LogP contribution in [0.25, 0.3) is 11.3 Å². The standard InChI is InChI=1S/C28H25BrFN7O.CH4/c1-31-19-10-11-37(15-19)27(38)16-6-8-18(9-7-16)34-28-33-14-17-13-32-25(20-4-2-3-5-22(20)30)26-21(24(17)36-28)12-23(29)35-26;/h2-9,12,14,19,31,35H,10-11,13,15H2,1H3,(H,33,34,36);1H4. The summed E-state index contributed by atoms with van der Waals surface area (Å²) in [5.74, 6) is 0.111. The number of hydrogen-bond donors (Lipinski definition) is 3. The summed E-state index contributed by atoms with van der Waals surface area (Å²) in [6.45, 7) is 1.80. The number of carbonyl (C=O) groups is 1. The molecule has 1 saturated heterocycles. The number of halogens is 2. The molecular formula is C29H29BrFN7O. The van der Waals surface area contributed by atoms with Crippen LogP contribution in [-0.2, 0) is 6.54 Å². The van der Waals surface area contributed by atoms with E-state index in [0.717, 1.165) is 46.6 Å². The van der Waals surface area contributed by atoms with Crippen LogP contribution in [0.3, 0.4) is 0 Å². The monoisotopic (exact) mass is 589 g/mol. The number of nitrogens with one attached hydrogen (secondary N) is 3. The van der Waals surface area contributed by atoms with Gasteiger partial charge >= 0.3 is 0 Å². The number of aromatic amines is 1. The van der Waals surface area contributed by atoms with E-state index in [1.165, 1.54) is 6.07 Å². The van der Waals surface area contributed by atoms with Crippen LogP contribution in [-0.4, -0.2) is 57.6 Å². The topological polar surface area (TPSA) is 98.3 Å². The summed E-state index contributed by atoms with van der Waals surface area (Å²) in [4.78, 5) is 32.0. The molecule has 1 atom stereocenters. The van der Waals surface area contributed by atoms with Gasteiger partial charge in [0, 0.05) is 53.3 Å². The van der Waals surface area contributed by atoms with Gasteiger partial charge in [-0.1, -0.05) is 19.6 Å². The van der Waals surface area contributed by atoms with Crippen molar-refractivity contribution in [3.8, 4) is 11.3 Å². The number of likely N-dealkylation sites (N-methyl/N-ethyl adjacent to an activating group) is 1. The molecule has 0 spiro atoms. The van der Waals surface area contributed by atoms with Crippen molar-refractivity contribution in [2.45, 2.75) is 26.4 Å². The molecule has 1 unspecified atom stereocenters. The average Bonchev–Trinajstić information content (AvgIpc) is 3.54. The Balaban J connectivity index is 0.00000308. The molecule has 2 aromatic carbocycles. The molecule has 1 amide bonds. The fourth-order valence-electron chi connectivity index (χ4n) is 4.92. The van der Waals surface area contributed by atoms with E-state index in [-0.39, 0.29) is 19.2 Å². The van der Waals surface area contributed by atoms with Crippen molar-refractivity contribution >= 4 is 39.2 Å². The lowest BCUT2D eigenvalue weighted by Crippen LogP contribution is -2.33. The fraction of sp³-hybridized carbons (Fsp3) is 0.241. The first-order valence-corrected chi connectivity index (χ1v) is 13.2. The SMILES string of the molecule is C.CNC1CCN(C(=O)c2ccc(Nc3ncc4c(n3)-c3cc(Br)[nH]c3C(c3ccccc3F)=NC4)cc2)C1. The Hall–Kier alpha value is -3.89. The quantitative estimate of drug-likeness (QED) is 0.284. The maximum atomic E-state index is 14.7. The Kier molecular flexibility index (Phi) is 7.58. The lowest BCUT2D eigenvalue weighted by atomic mass is 10.0. The van der Waals surface area contributed by atoms with Gasteiger partial charge in [-0.3, -0.25) is 9.79 Å². The number of likely N-dealkylation sites (tertiary alicyclic amines) is 1. The molecule has 8 nitrogen and oxygen atoms in total. The number of carbonyl (C=O) groups excluding carboxylic acids is 1. The molecule has 0 radical (unpaired) electrons. The number of anilines is 2. The zero-order valence-corrected chi connectivity index (χ0v) is 22.2. The van der Waals surface area contributed by atoms with Crippen LogP contribution in [0.5, 0.6) is 0 Å². The van der Waals surface area contributed by atoms with Crippen molar-refractivity contribution in [2.75, 3.05) is 25.5 Å². The second kappa shape index (κ2) is 11.1. The van der Waals surface area contributed by atoms with E-state index in [2.05, 4.69) is 36.5 Å². The molecule has 4 heterocycles. The minimum absolute atomic E-state index is 0. The van der Waals surface area contributed by atoms with Gasteiger partial charge in [-0.15, -0.1) is 0 Å². The third-order valence-corrected chi connectivity index (χ3v) is 7.38. The second-order valence-corrected chi connectivity index (χ2v) is 10.2. The Bertz CT molecular complexity index is 1550. The number of H-pyrrole nitrogens is 1. The highest BCUT2D eigenvalue weighted by Crippen LogP contribution is 2.34. The fourth-order valence-corrected chi connectivity index (χ4v) is 5.34. The number of aromatic nitrogens is 3. The Morgan fingerprint density at radius 3 is 2.69 bits per heavy atom. The zero-order chi connectivity index (χ0) is 26.2. The van der Waals surface area contributed by atoms with Crippen LogP contribution in [0.15, 0.2) is 70.4 Å². The van der Waals surface area contributed by atoms with Crippen LogP contribution >= 0.6 is 15.9 Å². The first-order chi connectivity index (χ1) is 18.5. The van der Waals surface area contributed by atoms with Gasteiger partial charge in [0.05, 0.1) is 28.2 Å². The molecule has 3 N–H and O–H groups in total. The van der Waals surface area contributed by atoms with Gasteiger partial charge in [-0.05, 0) is 71.9 Å². The summed E-state index contributed by atoms with van der Waals surface area (Å²) in [5, 5.41) is 6.48. The van der Waals surface area contributed by atoms with Crippen molar-refractivity contribution in [2.24, 2.45) is 4.99 Å². The minimum Gasteiger partial charge on any atom is -0.347 e. The molecule has 0 bridgehead atoms. The maximum Gasteiger partial charge on any atom is 0.253 e. The first-order valence-electron chi connectivity index (χ1n) is 12.4. The summed E-state index contributed by atoms with van der Waals surface area (Å²) in [5.41, 5.74) is 5.43. The zero-order valence-electron chi connectivity index (χ0n) is 20.6. The van der Waals surface area contributed by atoms with Gasteiger partial charge in [0.1, 0.15) is 5.82 Å². The molecule has 0 aliphatic carbocycles. The van der Waals surface area contributed by atoms with Crippen molar-refractivity contribution in [3.63, 3.8) is 0 Å². The average molecular weight is 591 g/mol. The number of fused-ring (bicyclic) bond motifs is 3. The van der Waals surface area contributed by atoms with E-state index in [1.807, 2.05) is 42.3 Å². The van der Waals surface area contributed by atoms with Crippen LogP contribution in [0.2, 0.25) is 0 Å². The number of rotatable bonds is 5. The lowest BCUT2D eigenvalue weighted by molar-refractivity contribution is 0.0789. The summed E-state index contributed by atoms with van der Waals surface area (Å²) in [7, 11) is 1.92. The van der Waals surface area contributed by atoms with E-state index in [1.54, 1.807) is 24.4 Å². The number of amides is 1. The van der Waals surface area contributed by atoms with Gasteiger partial charge in [0.15, 0.2) is 0 Å². The van der Waals surface area contributed by atoms with Crippen LogP contribution in [0.4, 0.5) is 16.0 Å². The highest BCUT2D eigenvalue weighted by atomic mass is 79.9.